The smallest absolute Gasteiger partial charge is 0.231 e. The molecule has 2 heterocycles. The molecule has 29 heavy (non-hydrogen) atoms. The molecule has 5 heteroatoms. The number of likely N-dealkylation sites (N-methyl/N-ethyl adjacent to an activating group) is 1. The molecule has 1 aliphatic rings. The Balaban J connectivity index is 1.99. The number of rotatable bonds is 7. The summed E-state index contributed by atoms with van der Waals surface area (Å²) >= 11 is 0. The van der Waals surface area contributed by atoms with Crippen LogP contribution in [0, 0.1) is 0 Å². The third-order valence-corrected chi connectivity index (χ3v) is 5.09. The molecule has 0 aliphatic carbocycles. The maximum absolute atomic E-state index is 12.2. The zero-order chi connectivity index (χ0) is 21.0. The Morgan fingerprint density at radius 2 is 2.03 bits per heavy atom. The molecular formula is C24H27N3O2. The zero-order valence-corrected chi connectivity index (χ0v) is 17.4. The number of carbonyl (C=O) groups excluding carboxylic acids is 2. The fourth-order valence-electron chi connectivity index (χ4n) is 3.52. The molecule has 0 saturated heterocycles. The first-order chi connectivity index (χ1) is 14.0. The molecule has 0 fully saturated rings. The number of fused-ring (bicyclic) bond motifs is 1. The van der Waals surface area contributed by atoms with Crippen molar-refractivity contribution in [2.24, 2.45) is 0 Å². The van der Waals surface area contributed by atoms with E-state index in [2.05, 4.69) is 17.1 Å². The molecule has 2 aromatic rings. The van der Waals surface area contributed by atoms with E-state index in [1.807, 2.05) is 69.3 Å². The van der Waals surface area contributed by atoms with E-state index in [0.717, 1.165) is 39.9 Å². The Morgan fingerprint density at radius 1 is 1.24 bits per heavy atom. The number of hydrogen-bond acceptors (Lipinski definition) is 3. The highest BCUT2D eigenvalue weighted by Gasteiger charge is 2.26. The number of amides is 2. The van der Waals surface area contributed by atoms with Gasteiger partial charge in [-0.15, -0.1) is 0 Å². The molecule has 5 nitrogen and oxygen atoms in total. The second-order valence-corrected chi connectivity index (χ2v) is 7.35. The van der Waals surface area contributed by atoms with Crippen molar-refractivity contribution in [1.29, 1.82) is 0 Å². The van der Waals surface area contributed by atoms with Crippen LogP contribution in [0.4, 0.5) is 5.69 Å². The molecule has 0 N–H and O–H groups in total. The molecule has 150 valence electrons. The summed E-state index contributed by atoms with van der Waals surface area (Å²) in [6.07, 6.45) is 10.7. The van der Waals surface area contributed by atoms with Gasteiger partial charge in [0.2, 0.25) is 12.3 Å². The van der Waals surface area contributed by atoms with Gasteiger partial charge in [-0.3, -0.25) is 14.6 Å². The molecule has 0 atom stereocenters. The second-order valence-electron chi connectivity index (χ2n) is 7.35. The third kappa shape index (κ3) is 4.29. The number of allylic oxidation sites excluding steroid dienone is 3. The summed E-state index contributed by atoms with van der Waals surface area (Å²) in [5.41, 5.74) is 5.90. The van der Waals surface area contributed by atoms with Crippen LogP contribution in [0.2, 0.25) is 0 Å². The van der Waals surface area contributed by atoms with Gasteiger partial charge in [-0.1, -0.05) is 18.2 Å². The fraction of sp³-hybridized carbons (Fsp3) is 0.292. The standard InChI is InChI=1S/C24H27N3O2/c1-5-7-19(15-26(16-28)17(3)4)22-11-21(13-25-14-22)18-8-9-23-20(10-18)12-24(29)27(23)6-2/h5,7-11,13-17H,6,12H2,1-4H3/b7-5-,19-15+. The number of anilines is 1. The van der Waals surface area contributed by atoms with Crippen molar-refractivity contribution in [3.8, 4) is 11.1 Å². The predicted molar refractivity (Wildman–Crippen MR) is 117 cm³/mol. The maximum atomic E-state index is 12.2. The second kappa shape index (κ2) is 8.86. The maximum Gasteiger partial charge on any atom is 0.231 e. The summed E-state index contributed by atoms with van der Waals surface area (Å²) in [6, 6.07) is 8.26. The van der Waals surface area contributed by atoms with Crippen LogP contribution in [0.3, 0.4) is 0 Å². The van der Waals surface area contributed by atoms with Crippen LogP contribution in [0.5, 0.6) is 0 Å². The Labute approximate surface area is 172 Å². The molecule has 0 bridgehead atoms. The molecule has 0 unspecified atom stereocenters. The van der Waals surface area contributed by atoms with Gasteiger partial charge in [0, 0.05) is 48.0 Å². The molecule has 0 saturated carbocycles. The van der Waals surface area contributed by atoms with Gasteiger partial charge < -0.3 is 9.80 Å². The van der Waals surface area contributed by atoms with E-state index in [-0.39, 0.29) is 11.9 Å². The van der Waals surface area contributed by atoms with Crippen molar-refractivity contribution in [3.63, 3.8) is 0 Å². The normalized spacial score (nSPS) is 14.0. The van der Waals surface area contributed by atoms with E-state index in [4.69, 9.17) is 0 Å². The SMILES string of the molecule is C/C=C\C(=C/N(C=O)C(C)C)c1cncc(-c2ccc3c(c2)CC(=O)N3CC)c1. The third-order valence-electron chi connectivity index (χ3n) is 5.09. The van der Waals surface area contributed by atoms with Crippen LogP contribution < -0.4 is 4.90 Å². The largest absolute Gasteiger partial charge is 0.319 e. The molecule has 3 rings (SSSR count). The highest BCUT2D eigenvalue weighted by molar-refractivity contribution is 6.01. The average Bonchev–Trinajstić information content (AvgIpc) is 3.04. The van der Waals surface area contributed by atoms with Gasteiger partial charge in [-0.25, -0.2) is 0 Å². The van der Waals surface area contributed by atoms with Crippen molar-refractivity contribution in [2.45, 2.75) is 40.2 Å². The zero-order valence-electron chi connectivity index (χ0n) is 17.4. The number of carbonyl (C=O) groups is 2. The number of hydrogen-bond donors (Lipinski definition) is 0. The Morgan fingerprint density at radius 3 is 2.69 bits per heavy atom. The van der Waals surface area contributed by atoms with Crippen molar-refractivity contribution in [1.82, 2.24) is 9.88 Å². The lowest BCUT2D eigenvalue weighted by molar-refractivity contribution is -0.118. The molecule has 1 aromatic carbocycles. The van der Waals surface area contributed by atoms with Crippen molar-refractivity contribution < 1.29 is 9.59 Å². The topological polar surface area (TPSA) is 53.5 Å². The number of aromatic nitrogens is 1. The lowest BCUT2D eigenvalue weighted by Crippen LogP contribution is -2.25. The Bertz CT molecular complexity index is 976. The molecule has 0 spiro atoms. The molecule has 0 radical (unpaired) electrons. The van der Waals surface area contributed by atoms with Crippen LogP contribution in [0.25, 0.3) is 16.7 Å². The van der Waals surface area contributed by atoms with Crippen molar-refractivity contribution in [3.05, 3.63) is 66.1 Å². The molecule has 1 aliphatic heterocycles. The number of benzene rings is 1. The quantitative estimate of drug-likeness (QED) is 0.520. The minimum Gasteiger partial charge on any atom is -0.319 e. The lowest BCUT2D eigenvalue weighted by Gasteiger charge is -2.18. The first-order valence-electron chi connectivity index (χ1n) is 9.94. The Kier molecular flexibility index (Phi) is 6.27. The number of pyridine rings is 1. The van der Waals surface area contributed by atoms with Gasteiger partial charge in [0.25, 0.3) is 0 Å². The minimum atomic E-state index is 0.0691. The van der Waals surface area contributed by atoms with Gasteiger partial charge in [0.15, 0.2) is 0 Å². The van der Waals surface area contributed by atoms with E-state index < -0.39 is 0 Å². The summed E-state index contributed by atoms with van der Waals surface area (Å²) < 4.78 is 0. The van der Waals surface area contributed by atoms with Gasteiger partial charge in [0.1, 0.15) is 0 Å². The van der Waals surface area contributed by atoms with Crippen molar-refractivity contribution >= 4 is 23.6 Å². The summed E-state index contributed by atoms with van der Waals surface area (Å²) in [5, 5.41) is 0. The Hall–Kier alpha value is -3.21. The molecular weight excluding hydrogens is 362 g/mol. The summed E-state index contributed by atoms with van der Waals surface area (Å²) in [6.45, 7) is 8.56. The van der Waals surface area contributed by atoms with E-state index in [0.29, 0.717) is 13.0 Å². The highest BCUT2D eigenvalue weighted by atomic mass is 16.2. The van der Waals surface area contributed by atoms with Gasteiger partial charge in [-0.05, 0) is 62.6 Å². The van der Waals surface area contributed by atoms with Crippen LogP contribution in [0.15, 0.2) is 55.0 Å². The highest BCUT2D eigenvalue weighted by Crippen LogP contribution is 2.33. The van der Waals surface area contributed by atoms with Crippen LogP contribution in [0.1, 0.15) is 38.8 Å². The van der Waals surface area contributed by atoms with Gasteiger partial charge >= 0.3 is 0 Å². The molecule has 2 amide bonds. The fourth-order valence-corrected chi connectivity index (χ4v) is 3.52. The monoisotopic (exact) mass is 389 g/mol. The summed E-state index contributed by atoms with van der Waals surface area (Å²) in [5.74, 6) is 0.146. The van der Waals surface area contributed by atoms with E-state index >= 15 is 0 Å². The van der Waals surface area contributed by atoms with Gasteiger partial charge in [0.05, 0.1) is 6.42 Å². The minimum absolute atomic E-state index is 0.0691. The average molecular weight is 389 g/mol. The summed E-state index contributed by atoms with van der Waals surface area (Å²) in [4.78, 5) is 31.5. The van der Waals surface area contributed by atoms with Gasteiger partial charge in [-0.2, -0.15) is 0 Å². The number of nitrogens with zero attached hydrogens (tertiary/aromatic N) is 3. The summed E-state index contributed by atoms with van der Waals surface area (Å²) in [7, 11) is 0. The van der Waals surface area contributed by atoms with Crippen LogP contribution in [-0.4, -0.2) is 34.8 Å². The first kappa shape index (κ1) is 20.5. The van der Waals surface area contributed by atoms with E-state index in [9.17, 15) is 9.59 Å². The van der Waals surface area contributed by atoms with E-state index in [1.54, 1.807) is 11.1 Å². The predicted octanol–water partition coefficient (Wildman–Crippen LogP) is 4.44. The molecule has 1 aromatic heterocycles. The van der Waals surface area contributed by atoms with Crippen molar-refractivity contribution in [2.75, 3.05) is 11.4 Å². The van der Waals surface area contributed by atoms with Crippen LogP contribution in [-0.2, 0) is 16.0 Å². The van der Waals surface area contributed by atoms with Crippen LogP contribution >= 0.6 is 0 Å². The lowest BCUT2D eigenvalue weighted by atomic mass is 9.99. The first-order valence-corrected chi connectivity index (χ1v) is 9.94. The van der Waals surface area contributed by atoms with E-state index in [1.165, 1.54) is 0 Å².